The summed E-state index contributed by atoms with van der Waals surface area (Å²) in [5.41, 5.74) is 2.60. The molecule has 134 valence electrons. The van der Waals surface area contributed by atoms with E-state index in [1.807, 2.05) is 29.2 Å². The number of hydrogen-bond donors (Lipinski definition) is 1. The summed E-state index contributed by atoms with van der Waals surface area (Å²) in [6, 6.07) is 11.6. The van der Waals surface area contributed by atoms with Crippen molar-refractivity contribution in [2.45, 2.75) is 33.1 Å². The zero-order chi connectivity index (χ0) is 18.1. The van der Waals surface area contributed by atoms with Gasteiger partial charge in [0.25, 0.3) is 5.91 Å². The molecule has 25 heavy (non-hydrogen) atoms. The van der Waals surface area contributed by atoms with E-state index in [1.54, 1.807) is 12.3 Å². The van der Waals surface area contributed by atoms with Crippen LogP contribution < -0.4 is 5.32 Å². The van der Waals surface area contributed by atoms with E-state index >= 15 is 0 Å². The first-order valence-corrected chi connectivity index (χ1v) is 9.25. The number of aromatic nitrogens is 1. The zero-order valence-corrected chi connectivity index (χ0v) is 15.7. The van der Waals surface area contributed by atoms with Crippen LogP contribution in [0.4, 0.5) is 5.69 Å². The molecule has 4 nitrogen and oxygen atoms in total. The number of pyridine rings is 1. The van der Waals surface area contributed by atoms with Crippen LogP contribution in [0.2, 0.25) is 5.02 Å². The van der Waals surface area contributed by atoms with Gasteiger partial charge >= 0.3 is 0 Å². The van der Waals surface area contributed by atoms with Gasteiger partial charge in [-0.25, -0.2) is 4.98 Å². The Bertz CT molecular complexity index is 667. The minimum atomic E-state index is 0.00850. The van der Waals surface area contributed by atoms with Gasteiger partial charge in [-0.05, 0) is 49.1 Å². The Morgan fingerprint density at radius 1 is 1.16 bits per heavy atom. The van der Waals surface area contributed by atoms with Crippen LogP contribution in [0, 0.1) is 0 Å². The summed E-state index contributed by atoms with van der Waals surface area (Å²) in [6.45, 7) is 6.49. The minimum Gasteiger partial charge on any atom is -0.383 e. The van der Waals surface area contributed by atoms with Crippen molar-refractivity contribution in [3.63, 3.8) is 0 Å². The lowest BCUT2D eigenvalue weighted by Gasteiger charge is -2.21. The molecule has 0 fully saturated rings. The fourth-order valence-corrected chi connectivity index (χ4v) is 2.90. The molecular weight excluding hydrogens is 334 g/mol. The third-order valence-corrected chi connectivity index (χ3v) is 4.12. The first kappa shape index (κ1) is 19.3. The minimum absolute atomic E-state index is 0.00850. The number of carbonyl (C=O) groups excluding carboxylic acids is 1. The van der Waals surface area contributed by atoms with E-state index in [1.165, 1.54) is 5.56 Å². The van der Waals surface area contributed by atoms with E-state index in [-0.39, 0.29) is 5.91 Å². The second kappa shape index (κ2) is 10.0. The fraction of sp³-hybridized carbons (Fsp3) is 0.400. The fourth-order valence-electron chi connectivity index (χ4n) is 2.69. The molecule has 0 aliphatic heterocycles. The highest BCUT2D eigenvalue weighted by atomic mass is 35.5. The largest absolute Gasteiger partial charge is 0.383 e. The lowest BCUT2D eigenvalue weighted by atomic mass is 10.1. The molecule has 2 rings (SSSR count). The number of hydrogen-bond acceptors (Lipinski definition) is 3. The molecule has 0 bridgehead atoms. The number of benzene rings is 1. The van der Waals surface area contributed by atoms with Crippen LogP contribution in [0.15, 0.2) is 42.6 Å². The predicted molar refractivity (Wildman–Crippen MR) is 104 cm³/mol. The Labute approximate surface area is 155 Å². The number of rotatable bonds is 9. The van der Waals surface area contributed by atoms with Crippen molar-refractivity contribution >= 4 is 23.2 Å². The Morgan fingerprint density at radius 3 is 2.52 bits per heavy atom. The van der Waals surface area contributed by atoms with Crippen LogP contribution in [0.25, 0.3) is 0 Å². The Morgan fingerprint density at radius 2 is 1.92 bits per heavy atom. The maximum absolute atomic E-state index is 12.5. The highest BCUT2D eigenvalue weighted by Crippen LogP contribution is 2.12. The van der Waals surface area contributed by atoms with Crippen molar-refractivity contribution in [1.29, 1.82) is 0 Å². The highest BCUT2D eigenvalue weighted by Gasteiger charge is 2.15. The topological polar surface area (TPSA) is 45.2 Å². The number of nitrogens with zero attached hydrogens (tertiary/aromatic N) is 2. The van der Waals surface area contributed by atoms with Gasteiger partial charge in [-0.2, -0.15) is 0 Å². The van der Waals surface area contributed by atoms with Crippen LogP contribution in [0.5, 0.6) is 0 Å². The monoisotopic (exact) mass is 359 g/mol. The maximum Gasteiger partial charge on any atom is 0.272 e. The molecule has 2 aromatic rings. The first-order chi connectivity index (χ1) is 12.1. The molecule has 0 aliphatic rings. The molecule has 1 amide bonds. The quantitative estimate of drug-likeness (QED) is 0.708. The number of amides is 1. The normalized spacial score (nSPS) is 10.5. The summed E-state index contributed by atoms with van der Waals surface area (Å²) in [6.07, 6.45) is 4.51. The van der Waals surface area contributed by atoms with Crippen LogP contribution in [0.3, 0.4) is 0 Å². The molecule has 1 heterocycles. The van der Waals surface area contributed by atoms with Crippen molar-refractivity contribution in [1.82, 2.24) is 9.88 Å². The highest BCUT2D eigenvalue weighted by molar-refractivity contribution is 6.30. The molecule has 5 heteroatoms. The Hall–Kier alpha value is -2.07. The van der Waals surface area contributed by atoms with Crippen LogP contribution in [-0.4, -0.2) is 35.4 Å². The van der Waals surface area contributed by atoms with E-state index in [4.69, 9.17) is 11.6 Å². The van der Waals surface area contributed by atoms with Crippen molar-refractivity contribution in [2.75, 3.05) is 25.0 Å². The van der Waals surface area contributed by atoms with Gasteiger partial charge in [0.15, 0.2) is 0 Å². The number of nitrogens with one attached hydrogen (secondary N) is 1. The lowest BCUT2D eigenvalue weighted by Crippen LogP contribution is -2.33. The molecule has 1 aromatic carbocycles. The summed E-state index contributed by atoms with van der Waals surface area (Å²) in [5, 5.41) is 4.08. The van der Waals surface area contributed by atoms with Gasteiger partial charge < -0.3 is 10.2 Å². The second-order valence-electron chi connectivity index (χ2n) is 6.03. The Balaban J connectivity index is 1.89. The van der Waals surface area contributed by atoms with Crippen molar-refractivity contribution < 1.29 is 4.79 Å². The molecular formula is C20H26ClN3O. The molecule has 0 atom stereocenters. The van der Waals surface area contributed by atoms with E-state index in [0.29, 0.717) is 5.69 Å². The number of carbonyl (C=O) groups is 1. The average molecular weight is 360 g/mol. The molecule has 1 N–H and O–H groups in total. The standard InChI is InChI=1S/C20H26ClN3O/c1-3-12-24(13-4-2)20(25)19-9-8-18(15-23-19)22-11-10-16-6-5-7-17(21)14-16/h5-9,14-15,22H,3-4,10-13H2,1-2H3. The van der Waals surface area contributed by atoms with Gasteiger partial charge in [-0.3, -0.25) is 4.79 Å². The molecule has 0 aliphatic carbocycles. The average Bonchev–Trinajstić information content (AvgIpc) is 2.62. The van der Waals surface area contributed by atoms with Gasteiger partial charge in [-0.1, -0.05) is 37.6 Å². The maximum atomic E-state index is 12.5. The predicted octanol–water partition coefficient (Wildman–Crippen LogP) is 4.65. The van der Waals surface area contributed by atoms with Crippen LogP contribution in [-0.2, 0) is 6.42 Å². The van der Waals surface area contributed by atoms with Gasteiger partial charge in [0, 0.05) is 24.7 Å². The zero-order valence-electron chi connectivity index (χ0n) is 15.0. The third kappa shape index (κ3) is 6.05. The molecule has 0 saturated carbocycles. The summed E-state index contributed by atoms with van der Waals surface area (Å²) in [7, 11) is 0. The van der Waals surface area contributed by atoms with E-state index < -0.39 is 0 Å². The third-order valence-electron chi connectivity index (χ3n) is 3.89. The summed E-state index contributed by atoms with van der Waals surface area (Å²) >= 11 is 5.99. The second-order valence-corrected chi connectivity index (χ2v) is 6.47. The van der Waals surface area contributed by atoms with Crippen molar-refractivity contribution in [2.24, 2.45) is 0 Å². The molecule has 0 radical (unpaired) electrons. The molecule has 0 saturated heterocycles. The van der Waals surface area contributed by atoms with Crippen molar-refractivity contribution in [3.05, 3.63) is 58.9 Å². The molecule has 0 unspecified atom stereocenters. The first-order valence-electron chi connectivity index (χ1n) is 8.87. The van der Waals surface area contributed by atoms with E-state index in [0.717, 1.165) is 49.6 Å². The number of anilines is 1. The van der Waals surface area contributed by atoms with E-state index in [2.05, 4.69) is 30.2 Å². The van der Waals surface area contributed by atoms with Gasteiger partial charge in [0.1, 0.15) is 5.69 Å². The molecule has 1 aromatic heterocycles. The lowest BCUT2D eigenvalue weighted by molar-refractivity contribution is 0.0749. The van der Waals surface area contributed by atoms with Crippen molar-refractivity contribution in [3.8, 4) is 0 Å². The summed E-state index contributed by atoms with van der Waals surface area (Å²) in [4.78, 5) is 18.7. The van der Waals surface area contributed by atoms with E-state index in [9.17, 15) is 4.79 Å². The smallest absolute Gasteiger partial charge is 0.272 e. The summed E-state index contributed by atoms with van der Waals surface area (Å²) in [5.74, 6) is 0.00850. The Kier molecular flexibility index (Phi) is 7.74. The summed E-state index contributed by atoms with van der Waals surface area (Å²) < 4.78 is 0. The SMILES string of the molecule is CCCN(CCC)C(=O)c1ccc(NCCc2cccc(Cl)c2)cn1. The van der Waals surface area contributed by atoms with Crippen LogP contribution >= 0.6 is 11.6 Å². The van der Waals surface area contributed by atoms with Gasteiger partial charge in [-0.15, -0.1) is 0 Å². The van der Waals surface area contributed by atoms with Crippen LogP contribution in [0.1, 0.15) is 42.7 Å². The van der Waals surface area contributed by atoms with Gasteiger partial charge in [0.05, 0.1) is 11.9 Å². The molecule has 0 spiro atoms. The van der Waals surface area contributed by atoms with Gasteiger partial charge in [0.2, 0.25) is 0 Å². The number of halogens is 1.